The van der Waals surface area contributed by atoms with Gasteiger partial charge < -0.3 is 19.1 Å². The van der Waals surface area contributed by atoms with Crippen LogP contribution in [0.25, 0.3) is 0 Å². The Labute approximate surface area is 184 Å². The molecule has 3 saturated heterocycles. The minimum Gasteiger partial charge on any atom is -0.464 e. The number of hydrogen-bond donors (Lipinski definition) is 0. The van der Waals surface area contributed by atoms with Gasteiger partial charge in [0.2, 0.25) is 0 Å². The summed E-state index contributed by atoms with van der Waals surface area (Å²) in [5.74, 6) is -1.16. The first-order valence-corrected chi connectivity index (χ1v) is 11.5. The molecule has 0 spiro atoms. The standard InChI is InChI=1S/C24H34N2O5/c1-25-19-7-8-20(25)16-21(15-19)31-24(28)22(18-5-3-2-4-6-18)17-30-23(27)9-10-26-11-13-29-14-12-26/h2-6,19-22H,7-17H2,1H3. The van der Waals surface area contributed by atoms with E-state index in [0.29, 0.717) is 38.3 Å². The van der Waals surface area contributed by atoms with Crippen LogP contribution in [0.2, 0.25) is 0 Å². The normalized spacial score (nSPS) is 27.6. The highest BCUT2D eigenvalue weighted by Gasteiger charge is 2.40. The number of ether oxygens (including phenoxy) is 3. The third kappa shape index (κ3) is 5.84. The summed E-state index contributed by atoms with van der Waals surface area (Å²) in [6.07, 6.45) is 4.40. The lowest BCUT2D eigenvalue weighted by Gasteiger charge is -2.36. The van der Waals surface area contributed by atoms with E-state index in [1.807, 2.05) is 30.3 Å². The second-order valence-electron chi connectivity index (χ2n) is 8.93. The highest BCUT2D eigenvalue weighted by atomic mass is 16.6. The Kier molecular flexibility index (Phi) is 7.58. The van der Waals surface area contributed by atoms with Crippen LogP contribution in [0.5, 0.6) is 0 Å². The van der Waals surface area contributed by atoms with Crippen molar-refractivity contribution >= 4 is 11.9 Å². The molecule has 3 aliphatic heterocycles. The van der Waals surface area contributed by atoms with Gasteiger partial charge in [0.1, 0.15) is 18.6 Å². The first-order chi connectivity index (χ1) is 15.1. The van der Waals surface area contributed by atoms with Crippen molar-refractivity contribution in [2.45, 2.75) is 56.2 Å². The first-order valence-electron chi connectivity index (χ1n) is 11.5. The van der Waals surface area contributed by atoms with Gasteiger partial charge in [0.15, 0.2) is 0 Å². The number of rotatable bonds is 8. The van der Waals surface area contributed by atoms with Crippen LogP contribution in [-0.4, -0.2) is 86.4 Å². The summed E-state index contributed by atoms with van der Waals surface area (Å²) < 4.78 is 16.8. The fourth-order valence-electron chi connectivity index (χ4n) is 5.01. The van der Waals surface area contributed by atoms with Crippen LogP contribution in [0.4, 0.5) is 0 Å². The summed E-state index contributed by atoms with van der Waals surface area (Å²) in [6.45, 7) is 3.76. The number of carbonyl (C=O) groups is 2. The van der Waals surface area contributed by atoms with Gasteiger partial charge in [-0.25, -0.2) is 0 Å². The van der Waals surface area contributed by atoms with Crippen molar-refractivity contribution in [3.8, 4) is 0 Å². The van der Waals surface area contributed by atoms with Gasteiger partial charge in [-0.3, -0.25) is 14.5 Å². The molecule has 170 valence electrons. The quantitative estimate of drug-likeness (QED) is 0.586. The molecular weight excluding hydrogens is 396 g/mol. The van der Waals surface area contributed by atoms with Crippen LogP contribution in [0.15, 0.2) is 30.3 Å². The minimum absolute atomic E-state index is 0.0181. The summed E-state index contributed by atoms with van der Waals surface area (Å²) in [5.41, 5.74) is 0.823. The van der Waals surface area contributed by atoms with Crippen LogP contribution in [0.3, 0.4) is 0 Å². The molecule has 3 heterocycles. The Morgan fingerprint density at radius 3 is 2.45 bits per heavy atom. The second-order valence-corrected chi connectivity index (χ2v) is 8.93. The molecular formula is C24H34N2O5. The molecule has 31 heavy (non-hydrogen) atoms. The molecule has 7 nitrogen and oxygen atoms in total. The number of benzene rings is 1. The zero-order chi connectivity index (χ0) is 21.6. The number of esters is 2. The molecule has 0 aliphatic carbocycles. The summed E-state index contributed by atoms with van der Waals surface area (Å²) in [5, 5.41) is 0. The molecule has 1 aromatic rings. The van der Waals surface area contributed by atoms with Crippen LogP contribution in [0.1, 0.15) is 43.6 Å². The second kappa shape index (κ2) is 10.6. The topological polar surface area (TPSA) is 68.3 Å². The maximum absolute atomic E-state index is 13.1. The number of fused-ring (bicyclic) bond motifs is 2. The van der Waals surface area contributed by atoms with Gasteiger partial charge in [-0.15, -0.1) is 0 Å². The van der Waals surface area contributed by atoms with Crippen molar-refractivity contribution < 1.29 is 23.8 Å². The molecule has 3 aliphatic rings. The Balaban J connectivity index is 1.31. The number of carbonyl (C=O) groups excluding carboxylic acids is 2. The van der Waals surface area contributed by atoms with Crippen LogP contribution < -0.4 is 0 Å². The molecule has 4 rings (SSSR count). The number of nitrogens with zero attached hydrogens (tertiary/aromatic N) is 2. The van der Waals surface area contributed by atoms with Gasteiger partial charge >= 0.3 is 11.9 Å². The van der Waals surface area contributed by atoms with E-state index in [-0.39, 0.29) is 24.6 Å². The fraction of sp³-hybridized carbons (Fsp3) is 0.667. The monoisotopic (exact) mass is 430 g/mol. The molecule has 3 atom stereocenters. The van der Waals surface area contributed by atoms with E-state index in [2.05, 4.69) is 16.8 Å². The van der Waals surface area contributed by atoms with Gasteiger partial charge in [0.05, 0.1) is 19.6 Å². The fourth-order valence-corrected chi connectivity index (χ4v) is 5.01. The Morgan fingerprint density at radius 2 is 1.77 bits per heavy atom. The van der Waals surface area contributed by atoms with E-state index in [9.17, 15) is 9.59 Å². The molecule has 0 N–H and O–H groups in total. The van der Waals surface area contributed by atoms with Crippen molar-refractivity contribution in [1.82, 2.24) is 9.80 Å². The highest BCUT2D eigenvalue weighted by molar-refractivity contribution is 5.79. The summed E-state index contributed by atoms with van der Waals surface area (Å²) >= 11 is 0. The molecule has 0 saturated carbocycles. The average molecular weight is 431 g/mol. The van der Waals surface area contributed by atoms with Crippen molar-refractivity contribution in [3.63, 3.8) is 0 Å². The van der Waals surface area contributed by atoms with E-state index in [0.717, 1.165) is 31.5 Å². The van der Waals surface area contributed by atoms with E-state index in [4.69, 9.17) is 14.2 Å². The van der Waals surface area contributed by atoms with Gasteiger partial charge in [-0.2, -0.15) is 0 Å². The molecule has 0 aromatic heterocycles. The largest absolute Gasteiger partial charge is 0.464 e. The van der Waals surface area contributed by atoms with E-state index in [1.165, 1.54) is 12.8 Å². The highest BCUT2D eigenvalue weighted by Crippen LogP contribution is 2.36. The van der Waals surface area contributed by atoms with Crippen LogP contribution >= 0.6 is 0 Å². The summed E-state index contributed by atoms with van der Waals surface area (Å²) in [4.78, 5) is 30.0. The van der Waals surface area contributed by atoms with Gasteiger partial charge in [-0.05, 0) is 38.3 Å². The maximum atomic E-state index is 13.1. The lowest BCUT2D eigenvalue weighted by molar-refractivity contribution is -0.158. The molecule has 2 bridgehead atoms. The molecule has 7 heteroatoms. The molecule has 3 fully saturated rings. The molecule has 0 radical (unpaired) electrons. The first kappa shape index (κ1) is 22.2. The maximum Gasteiger partial charge on any atom is 0.317 e. The molecule has 1 aromatic carbocycles. The van der Waals surface area contributed by atoms with Crippen LogP contribution in [-0.2, 0) is 23.8 Å². The van der Waals surface area contributed by atoms with E-state index >= 15 is 0 Å². The summed E-state index contributed by atoms with van der Waals surface area (Å²) in [6, 6.07) is 10.5. The predicted octanol–water partition coefficient (Wildman–Crippen LogP) is 2.20. The molecule has 0 amide bonds. The number of morpholine rings is 1. The van der Waals surface area contributed by atoms with E-state index < -0.39 is 5.92 Å². The van der Waals surface area contributed by atoms with Crippen LogP contribution in [0, 0.1) is 0 Å². The van der Waals surface area contributed by atoms with Gasteiger partial charge in [0, 0.05) is 31.7 Å². The van der Waals surface area contributed by atoms with Gasteiger partial charge in [-0.1, -0.05) is 30.3 Å². The summed E-state index contributed by atoms with van der Waals surface area (Å²) in [7, 11) is 2.17. The Hall–Kier alpha value is -1.96. The third-order valence-electron chi connectivity index (χ3n) is 6.97. The lowest BCUT2D eigenvalue weighted by atomic mass is 9.98. The van der Waals surface area contributed by atoms with Gasteiger partial charge in [0.25, 0.3) is 0 Å². The Morgan fingerprint density at radius 1 is 1.10 bits per heavy atom. The number of hydrogen-bond acceptors (Lipinski definition) is 7. The molecule has 3 unspecified atom stereocenters. The van der Waals surface area contributed by atoms with Crippen molar-refractivity contribution in [2.24, 2.45) is 0 Å². The Bertz CT molecular complexity index is 723. The number of piperidine rings is 1. The average Bonchev–Trinajstić information content (AvgIpc) is 2.99. The van der Waals surface area contributed by atoms with Crippen molar-refractivity contribution in [3.05, 3.63) is 35.9 Å². The van der Waals surface area contributed by atoms with E-state index in [1.54, 1.807) is 0 Å². The SMILES string of the molecule is CN1C2CCC1CC(OC(=O)C(COC(=O)CCN1CCOCC1)c1ccccc1)C2. The third-order valence-corrected chi connectivity index (χ3v) is 6.97. The van der Waals surface area contributed by atoms with Crippen molar-refractivity contribution in [1.29, 1.82) is 0 Å². The minimum atomic E-state index is -0.592. The predicted molar refractivity (Wildman–Crippen MR) is 116 cm³/mol. The van der Waals surface area contributed by atoms with Crippen molar-refractivity contribution in [2.75, 3.05) is 46.5 Å². The lowest BCUT2D eigenvalue weighted by Crippen LogP contribution is -2.44. The smallest absolute Gasteiger partial charge is 0.317 e. The zero-order valence-corrected chi connectivity index (χ0v) is 18.4. The zero-order valence-electron chi connectivity index (χ0n) is 18.4.